The van der Waals surface area contributed by atoms with Crippen LogP contribution in [0.4, 0.5) is 0 Å². The van der Waals surface area contributed by atoms with Crippen LogP contribution in [0.3, 0.4) is 0 Å². The van der Waals surface area contributed by atoms with Crippen LogP contribution in [0.5, 0.6) is 0 Å². The van der Waals surface area contributed by atoms with Crippen molar-refractivity contribution < 1.29 is 14.7 Å². The molecule has 0 radical (unpaired) electrons. The summed E-state index contributed by atoms with van der Waals surface area (Å²) in [4.78, 5) is 24.3. The summed E-state index contributed by atoms with van der Waals surface area (Å²) >= 11 is 0. The van der Waals surface area contributed by atoms with Gasteiger partial charge in [0.15, 0.2) is 5.78 Å². The number of ketones is 1. The number of aliphatic hydroxyl groups is 1. The average molecular weight is 306 g/mol. The molecule has 0 saturated carbocycles. The van der Waals surface area contributed by atoms with E-state index in [9.17, 15) is 14.7 Å². The van der Waals surface area contributed by atoms with E-state index < -0.39 is 0 Å². The molecule has 0 atom stereocenters. The molecular formula is C18H14N2O3. The fraction of sp³-hybridized carbons (Fsp3) is 0.0556. The van der Waals surface area contributed by atoms with E-state index in [0.717, 1.165) is 0 Å². The number of hydrogen-bond acceptors (Lipinski definition) is 4. The molecule has 1 aliphatic carbocycles. The molecular weight excluding hydrogens is 292 g/mol. The van der Waals surface area contributed by atoms with Crippen LogP contribution in [0.2, 0.25) is 0 Å². The van der Waals surface area contributed by atoms with E-state index in [0.29, 0.717) is 16.7 Å². The minimum Gasteiger partial charge on any atom is -0.506 e. The monoisotopic (exact) mass is 306 g/mol. The summed E-state index contributed by atoms with van der Waals surface area (Å²) in [5.41, 5.74) is 4.14. The van der Waals surface area contributed by atoms with Crippen molar-refractivity contribution in [1.29, 1.82) is 0 Å². The number of aliphatic hydroxyl groups excluding tert-OH is 1. The Morgan fingerprint density at radius 1 is 1.00 bits per heavy atom. The highest BCUT2D eigenvalue weighted by Crippen LogP contribution is 2.31. The number of carbonyl (C=O) groups excluding carboxylic acids is 2. The Kier molecular flexibility index (Phi) is 3.76. The average Bonchev–Trinajstić information content (AvgIpc) is 2.85. The van der Waals surface area contributed by atoms with Crippen LogP contribution in [0.1, 0.15) is 33.2 Å². The molecule has 0 fully saturated rings. The molecule has 23 heavy (non-hydrogen) atoms. The van der Waals surface area contributed by atoms with E-state index in [1.807, 2.05) is 6.07 Å². The van der Waals surface area contributed by atoms with Crippen molar-refractivity contribution >= 4 is 23.2 Å². The molecule has 0 saturated heterocycles. The first kappa shape index (κ1) is 14.7. The van der Waals surface area contributed by atoms with Crippen LogP contribution >= 0.6 is 0 Å². The number of amides is 1. The van der Waals surface area contributed by atoms with E-state index in [1.165, 1.54) is 0 Å². The highest BCUT2D eigenvalue weighted by atomic mass is 16.3. The fourth-order valence-electron chi connectivity index (χ4n) is 2.44. The van der Waals surface area contributed by atoms with Gasteiger partial charge in [0.1, 0.15) is 5.76 Å². The zero-order chi connectivity index (χ0) is 16.4. The number of benzene rings is 2. The molecule has 114 valence electrons. The van der Waals surface area contributed by atoms with E-state index in [4.69, 9.17) is 0 Å². The first-order valence-corrected chi connectivity index (χ1v) is 7.07. The van der Waals surface area contributed by atoms with Crippen molar-refractivity contribution in [3.8, 4) is 0 Å². The van der Waals surface area contributed by atoms with Crippen molar-refractivity contribution in [2.45, 2.75) is 6.92 Å². The van der Waals surface area contributed by atoms with Crippen LogP contribution in [0.25, 0.3) is 5.76 Å². The van der Waals surface area contributed by atoms with Gasteiger partial charge in [-0.25, -0.2) is 5.43 Å². The number of rotatable bonds is 3. The summed E-state index contributed by atoms with van der Waals surface area (Å²) in [6.45, 7) is 1.57. The predicted octanol–water partition coefficient (Wildman–Crippen LogP) is 2.96. The van der Waals surface area contributed by atoms with Crippen LogP contribution in [-0.2, 0) is 0 Å². The summed E-state index contributed by atoms with van der Waals surface area (Å²) in [5, 5.41) is 14.2. The number of Topliss-reactive ketones (excluding diaryl/α,β-unsaturated/α-hetero) is 1. The molecule has 0 heterocycles. The normalized spacial score (nSPS) is 14.0. The van der Waals surface area contributed by atoms with Gasteiger partial charge in [-0.05, 0) is 19.1 Å². The van der Waals surface area contributed by atoms with Gasteiger partial charge in [-0.15, -0.1) is 0 Å². The summed E-state index contributed by atoms with van der Waals surface area (Å²) in [5.74, 6) is -0.790. The third-order valence-electron chi connectivity index (χ3n) is 3.61. The van der Waals surface area contributed by atoms with Gasteiger partial charge in [-0.3, -0.25) is 9.59 Å². The topological polar surface area (TPSA) is 78.8 Å². The van der Waals surface area contributed by atoms with Crippen molar-refractivity contribution in [1.82, 2.24) is 5.43 Å². The lowest BCUT2D eigenvalue weighted by atomic mass is 10.1. The van der Waals surface area contributed by atoms with Gasteiger partial charge in [0.05, 0.1) is 11.3 Å². The van der Waals surface area contributed by atoms with E-state index in [-0.39, 0.29) is 28.7 Å². The summed E-state index contributed by atoms with van der Waals surface area (Å²) in [6, 6.07) is 15.4. The molecule has 0 bridgehead atoms. The van der Waals surface area contributed by atoms with Gasteiger partial charge >= 0.3 is 0 Å². The van der Waals surface area contributed by atoms with E-state index in [1.54, 1.807) is 55.5 Å². The number of hydrazone groups is 1. The molecule has 0 unspecified atom stereocenters. The number of fused-ring (bicyclic) bond motifs is 1. The second-order valence-corrected chi connectivity index (χ2v) is 5.10. The zero-order valence-electron chi connectivity index (χ0n) is 12.4. The maximum Gasteiger partial charge on any atom is 0.271 e. The molecule has 0 spiro atoms. The number of allylic oxidation sites excluding steroid dienone is 1. The molecule has 1 amide bonds. The van der Waals surface area contributed by atoms with Gasteiger partial charge in [0, 0.05) is 16.7 Å². The lowest BCUT2D eigenvalue weighted by molar-refractivity contribution is 0.0953. The maximum atomic E-state index is 12.4. The lowest BCUT2D eigenvalue weighted by Crippen LogP contribution is -2.20. The smallest absolute Gasteiger partial charge is 0.271 e. The molecule has 2 aromatic rings. The molecule has 0 aromatic heterocycles. The van der Waals surface area contributed by atoms with Gasteiger partial charge in [0.2, 0.25) is 0 Å². The third kappa shape index (κ3) is 2.64. The van der Waals surface area contributed by atoms with E-state index >= 15 is 0 Å². The Labute approximate surface area is 133 Å². The molecule has 5 heteroatoms. The minimum atomic E-state index is -0.381. The Morgan fingerprint density at radius 2 is 1.61 bits per heavy atom. The Morgan fingerprint density at radius 3 is 2.26 bits per heavy atom. The number of carbonyl (C=O) groups is 2. The number of hydrogen-bond donors (Lipinski definition) is 2. The molecule has 5 nitrogen and oxygen atoms in total. The Balaban J connectivity index is 1.84. The highest BCUT2D eigenvalue weighted by molar-refractivity contribution is 6.35. The number of nitrogens with one attached hydrogen (secondary N) is 1. The summed E-state index contributed by atoms with van der Waals surface area (Å²) < 4.78 is 0. The van der Waals surface area contributed by atoms with Gasteiger partial charge in [-0.1, -0.05) is 42.5 Å². The second-order valence-electron chi connectivity index (χ2n) is 5.10. The Hall–Kier alpha value is -3.21. The van der Waals surface area contributed by atoms with Crippen LogP contribution < -0.4 is 5.43 Å². The SMILES string of the molecule is C/C(=N\NC(=O)c1ccccc1)C1=C(O)c2ccccc2C1=O. The largest absolute Gasteiger partial charge is 0.506 e. The van der Waals surface area contributed by atoms with E-state index in [2.05, 4.69) is 10.5 Å². The molecule has 0 aliphatic heterocycles. The van der Waals surface area contributed by atoms with Gasteiger partial charge < -0.3 is 5.11 Å². The van der Waals surface area contributed by atoms with Crippen molar-refractivity contribution in [2.24, 2.45) is 5.10 Å². The minimum absolute atomic E-state index is 0.110. The molecule has 3 rings (SSSR count). The van der Waals surface area contributed by atoms with Gasteiger partial charge in [-0.2, -0.15) is 5.10 Å². The van der Waals surface area contributed by atoms with Crippen LogP contribution in [0, 0.1) is 0 Å². The zero-order valence-corrected chi connectivity index (χ0v) is 12.4. The first-order valence-electron chi connectivity index (χ1n) is 7.07. The quantitative estimate of drug-likeness (QED) is 0.676. The second kappa shape index (κ2) is 5.88. The summed E-state index contributed by atoms with van der Waals surface area (Å²) in [7, 11) is 0. The fourth-order valence-corrected chi connectivity index (χ4v) is 2.44. The molecule has 2 N–H and O–H groups in total. The predicted molar refractivity (Wildman–Crippen MR) is 87.3 cm³/mol. The van der Waals surface area contributed by atoms with Crippen molar-refractivity contribution in [3.63, 3.8) is 0 Å². The highest BCUT2D eigenvalue weighted by Gasteiger charge is 2.31. The van der Waals surface area contributed by atoms with Crippen molar-refractivity contribution in [3.05, 3.63) is 76.9 Å². The van der Waals surface area contributed by atoms with Crippen molar-refractivity contribution in [2.75, 3.05) is 0 Å². The summed E-state index contributed by atoms with van der Waals surface area (Å²) in [6.07, 6.45) is 0. The number of nitrogens with zero attached hydrogens (tertiary/aromatic N) is 1. The Bertz CT molecular complexity index is 852. The third-order valence-corrected chi connectivity index (χ3v) is 3.61. The lowest BCUT2D eigenvalue weighted by Gasteiger charge is -2.03. The first-order chi connectivity index (χ1) is 11.1. The van der Waals surface area contributed by atoms with Crippen LogP contribution in [-0.4, -0.2) is 22.5 Å². The van der Waals surface area contributed by atoms with Crippen LogP contribution in [0.15, 0.2) is 65.3 Å². The maximum absolute atomic E-state index is 12.4. The molecule has 1 aliphatic rings. The molecule has 2 aromatic carbocycles. The van der Waals surface area contributed by atoms with Gasteiger partial charge in [0.25, 0.3) is 5.91 Å². The standard InChI is InChI=1S/C18H14N2O3/c1-11(19-20-18(23)12-7-3-2-4-8-12)15-16(21)13-9-5-6-10-14(13)17(15)22/h2-10,21H,1H3,(H,20,23)/b19-11+.